The number of fused-ring (bicyclic) bond motifs is 3. The van der Waals surface area contributed by atoms with Gasteiger partial charge in [0.15, 0.2) is 0 Å². The quantitative estimate of drug-likeness (QED) is 0.422. The maximum absolute atomic E-state index is 12.6. The van der Waals surface area contributed by atoms with Crippen molar-refractivity contribution < 1.29 is 19.4 Å². The first kappa shape index (κ1) is 19.1. The van der Waals surface area contributed by atoms with Gasteiger partial charge in [0.25, 0.3) is 0 Å². The minimum absolute atomic E-state index is 0.0762. The minimum atomic E-state index is -1.99. The zero-order valence-electron chi connectivity index (χ0n) is 15.5. The second-order valence-corrected chi connectivity index (χ2v) is 7.06. The van der Waals surface area contributed by atoms with Gasteiger partial charge >= 0.3 is 11.9 Å². The highest BCUT2D eigenvalue weighted by Crippen LogP contribution is 2.44. The van der Waals surface area contributed by atoms with E-state index < -0.39 is 17.5 Å². The summed E-state index contributed by atoms with van der Waals surface area (Å²) in [5.74, 6) is -2.32. The van der Waals surface area contributed by atoms with Crippen molar-refractivity contribution >= 4 is 11.9 Å². The number of nitrogens with two attached hydrogens (primary N) is 1. The number of carboxylic acids is 1. The van der Waals surface area contributed by atoms with Crippen LogP contribution in [-0.4, -0.2) is 29.2 Å². The lowest BCUT2D eigenvalue weighted by molar-refractivity contribution is -0.161. The van der Waals surface area contributed by atoms with Crippen molar-refractivity contribution in [1.82, 2.24) is 0 Å². The van der Waals surface area contributed by atoms with E-state index in [2.05, 4.69) is 0 Å². The van der Waals surface area contributed by atoms with E-state index in [1.807, 2.05) is 55.5 Å². The number of aliphatic carboxylic acids is 1. The van der Waals surface area contributed by atoms with E-state index >= 15 is 0 Å². The smallest absolute Gasteiger partial charge is 0.337 e. The van der Waals surface area contributed by atoms with E-state index in [0.717, 1.165) is 35.1 Å². The lowest BCUT2D eigenvalue weighted by Crippen LogP contribution is -2.56. The van der Waals surface area contributed by atoms with Gasteiger partial charge in [-0.2, -0.15) is 0 Å². The molecule has 2 aromatic carbocycles. The molecular formula is C22H25NO4. The predicted molar refractivity (Wildman–Crippen MR) is 103 cm³/mol. The Labute approximate surface area is 159 Å². The molecule has 27 heavy (non-hydrogen) atoms. The number of benzene rings is 2. The Hall–Kier alpha value is -2.66. The van der Waals surface area contributed by atoms with Crippen LogP contribution in [0.3, 0.4) is 0 Å². The van der Waals surface area contributed by atoms with Gasteiger partial charge in [-0.3, -0.25) is 0 Å². The summed E-state index contributed by atoms with van der Waals surface area (Å²) in [6.07, 6.45) is 2.39. The van der Waals surface area contributed by atoms with E-state index in [-0.39, 0.29) is 18.9 Å². The van der Waals surface area contributed by atoms with E-state index in [0.29, 0.717) is 6.42 Å². The van der Waals surface area contributed by atoms with E-state index in [4.69, 9.17) is 10.5 Å². The van der Waals surface area contributed by atoms with E-state index in [1.54, 1.807) is 0 Å². The molecule has 0 radical (unpaired) electrons. The average molecular weight is 367 g/mol. The summed E-state index contributed by atoms with van der Waals surface area (Å²) in [5.41, 5.74) is 8.33. The van der Waals surface area contributed by atoms with Crippen LogP contribution < -0.4 is 5.73 Å². The van der Waals surface area contributed by atoms with Gasteiger partial charge in [0, 0.05) is 5.92 Å². The summed E-state index contributed by atoms with van der Waals surface area (Å²) in [5, 5.41) is 9.48. The van der Waals surface area contributed by atoms with Crippen molar-refractivity contribution in [2.45, 2.75) is 44.1 Å². The normalized spacial score (nSPS) is 14.9. The molecule has 1 unspecified atom stereocenters. The van der Waals surface area contributed by atoms with Gasteiger partial charge < -0.3 is 15.6 Å². The van der Waals surface area contributed by atoms with Crippen LogP contribution in [0.2, 0.25) is 0 Å². The molecule has 1 aliphatic carbocycles. The maximum Gasteiger partial charge on any atom is 0.337 e. The first-order valence-corrected chi connectivity index (χ1v) is 9.36. The highest BCUT2D eigenvalue weighted by molar-refractivity contribution is 6.03. The van der Waals surface area contributed by atoms with Gasteiger partial charge in [-0.15, -0.1) is 0 Å². The standard InChI is InChI=1S/C22H25NO4/c1-2-3-8-13-22(23,20(24)25)21(26)27-14-19-17-11-6-4-9-15(17)16-10-5-7-12-18(16)19/h4-7,9-12,19H,2-3,8,13-14,23H2,1H3,(H,24,25). The Bertz CT molecular complexity index is 802. The zero-order chi connectivity index (χ0) is 19.4. The molecule has 3 rings (SSSR count). The van der Waals surface area contributed by atoms with Crippen molar-refractivity contribution in [3.05, 3.63) is 59.7 Å². The number of esters is 1. The third-order valence-corrected chi connectivity index (χ3v) is 5.26. The highest BCUT2D eigenvalue weighted by atomic mass is 16.5. The monoisotopic (exact) mass is 367 g/mol. The second-order valence-electron chi connectivity index (χ2n) is 7.06. The second kappa shape index (κ2) is 7.92. The molecule has 0 fully saturated rings. The Morgan fingerprint density at radius 2 is 1.59 bits per heavy atom. The van der Waals surface area contributed by atoms with Gasteiger partial charge in [-0.1, -0.05) is 74.7 Å². The third kappa shape index (κ3) is 3.60. The number of carbonyl (C=O) groups excluding carboxylic acids is 1. The van der Waals surface area contributed by atoms with E-state index in [9.17, 15) is 14.7 Å². The van der Waals surface area contributed by atoms with E-state index in [1.165, 1.54) is 0 Å². The minimum Gasteiger partial charge on any atom is -0.479 e. The Morgan fingerprint density at radius 3 is 2.11 bits per heavy atom. The molecule has 0 bridgehead atoms. The SMILES string of the molecule is CCCCCC(N)(C(=O)O)C(=O)OCC1c2ccccc2-c2ccccc21. The summed E-state index contributed by atoms with van der Waals surface area (Å²) >= 11 is 0. The summed E-state index contributed by atoms with van der Waals surface area (Å²) in [6.45, 7) is 2.08. The van der Waals surface area contributed by atoms with Crippen LogP contribution in [0, 0.1) is 0 Å². The van der Waals surface area contributed by atoms with Gasteiger partial charge in [-0.25, -0.2) is 9.59 Å². The zero-order valence-corrected chi connectivity index (χ0v) is 15.5. The third-order valence-electron chi connectivity index (χ3n) is 5.26. The molecule has 1 aliphatic rings. The van der Waals surface area contributed by atoms with Gasteiger partial charge in [0.05, 0.1) is 0 Å². The number of ether oxygens (including phenoxy) is 1. The largest absolute Gasteiger partial charge is 0.479 e. The number of carboxylic acid groups (broad SMARTS) is 1. The molecule has 142 valence electrons. The molecule has 0 spiro atoms. The summed E-state index contributed by atoms with van der Waals surface area (Å²) in [4.78, 5) is 24.2. The molecular weight excluding hydrogens is 342 g/mol. The summed E-state index contributed by atoms with van der Waals surface area (Å²) in [6, 6.07) is 16.0. The van der Waals surface area contributed by atoms with Crippen LogP contribution in [0.4, 0.5) is 0 Å². The first-order chi connectivity index (χ1) is 13.0. The Morgan fingerprint density at radius 1 is 1.04 bits per heavy atom. The molecule has 5 nitrogen and oxygen atoms in total. The lowest BCUT2D eigenvalue weighted by Gasteiger charge is -2.24. The number of hydrogen-bond acceptors (Lipinski definition) is 4. The van der Waals surface area contributed by atoms with Crippen molar-refractivity contribution in [3.63, 3.8) is 0 Å². The molecule has 3 N–H and O–H groups in total. The molecule has 0 amide bonds. The molecule has 0 saturated carbocycles. The van der Waals surface area contributed by atoms with Crippen LogP contribution in [0.25, 0.3) is 11.1 Å². The van der Waals surface area contributed by atoms with Crippen LogP contribution >= 0.6 is 0 Å². The number of carbonyl (C=O) groups is 2. The van der Waals surface area contributed by atoms with Crippen LogP contribution in [0.1, 0.15) is 49.7 Å². The number of rotatable bonds is 8. The molecule has 5 heteroatoms. The number of unbranched alkanes of at least 4 members (excludes halogenated alkanes) is 2. The number of hydrogen-bond donors (Lipinski definition) is 2. The molecule has 0 aromatic heterocycles. The first-order valence-electron chi connectivity index (χ1n) is 9.36. The van der Waals surface area contributed by atoms with Crippen molar-refractivity contribution in [3.8, 4) is 11.1 Å². The van der Waals surface area contributed by atoms with Crippen molar-refractivity contribution in [1.29, 1.82) is 0 Å². The molecule has 0 heterocycles. The fraction of sp³-hybridized carbons (Fsp3) is 0.364. The van der Waals surface area contributed by atoms with Gasteiger partial charge in [-0.05, 0) is 28.7 Å². The molecule has 1 atom stereocenters. The average Bonchev–Trinajstić information content (AvgIpc) is 3.00. The van der Waals surface area contributed by atoms with Crippen LogP contribution in [0.15, 0.2) is 48.5 Å². The Balaban J connectivity index is 1.78. The van der Waals surface area contributed by atoms with Crippen LogP contribution in [-0.2, 0) is 14.3 Å². The summed E-state index contributed by atoms with van der Waals surface area (Å²) < 4.78 is 5.45. The maximum atomic E-state index is 12.6. The van der Waals surface area contributed by atoms with Gasteiger partial charge in [0.2, 0.25) is 5.54 Å². The fourth-order valence-electron chi connectivity index (χ4n) is 3.68. The summed E-state index contributed by atoms with van der Waals surface area (Å²) in [7, 11) is 0. The lowest BCUT2D eigenvalue weighted by atomic mass is 9.93. The van der Waals surface area contributed by atoms with Crippen molar-refractivity contribution in [2.24, 2.45) is 5.73 Å². The highest BCUT2D eigenvalue weighted by Gasteiger charge is 2.44. The molecule has 0 aliphatic heterocycles. The molecule has 0 saturated heterocycles. The van der Waals surface area contributed by atoms with Gasteiger partial charge in [0.1, 0.15) is 6.61 Å². The fourth-order valence-corrected chi connectivity index (χ4v) is 3.68. The van der Waals surface area contributed by atoms with Crippen LogP contribution in [0.5, 0.6) is 0 Å². The predicted octanol–water partition coefficient (Wildman–Crippen LogP) is 3.70. The van der Waals surface area contributed by atoms with Crippen molar-refractivity contribution in [2.75, 3.05) is 6.61 Å². The molecule has 2 aromatic rings. The topological polar surface area (TPSA) is 89.6 Å². The Kier molecular flexibility index (Phi) is 5.61.